The van der Waals surface area contributed by atoms with Crippen molar-refractivity contribution in [2.24, 2.45) is 5.73 Å². The monoisotopic (exact) mass is 876 g/mol. The van der Waals surface area contributed by atoms with Crippen LogP contribution in [0.5, 0.6) is 11.5 Å². The summed E-state index contributed by atoms with van der Waals surface area (Å²) in [4.78, 5) is 38.7. The number of hydrogen-bond donors (Lipinski definition) is 5. The van der Waals surface area contributed by atoms with Crippen molar-refractivity contribution >= 4 is 29.0 Å². The first kappa shape index (κ1) is 45.6. The minimum Gasteiger partial charge on any atom is -0.435 e. The molecule has 0 unspecified atom stereocenters. The van der Waals surface area contributed by atoms with E-state index in [9.17, 15) is 49.5 Å². The predicted molar refractivity (Wildman–Crippen MR) is 213 cm³/mol. The molecule has 2 amide bonds. The largest absolute Gasteiger partial charge is 0.435 e. The summed E-state index contributed by atoms with van der Waals surface area (Å²) in [5, 5.41) is 12.2. The quantitative estimate of drug-likeness (QED) is 0.116. The molecule has 4 aliphatic heterocycles. The molecule has 8 rings (SSSR count). The van der Waals surface area contributed by atoms with Crippen molar-refractivity contribution in [1.29, 1.82) is 0 Å². The second kappa shape index (κ2) is 19.8. The Morgan fingerprint density at radius 1 is 0.677 bits per heavy atom. The van der Waals surface area contributed by atoms with Gasteiger partial charge in [-0.1, -0.05) is 24.3 Å². The number of halogens is 8. The van der Waals surface area contributed by atoms with Crippen molar-refractivity contribution < 1.29 is 59.0 Å². The first-order valence-electron chi connectivity index (χ1n) is 19.7. The molecular formula is C43H44F8N6O5. The number of hydrogen-bond acceptors (Lipinski definition) is 9. The number of carbonyl (C=O) groups excluding carboxylic acids is 3. The standard InChI is InChI=1S/C22H21F4N3O3.C13H14F2N2O.C8H9F2NO/c23-14-9-16-18(30)11-22(28-19(16)17(24)10-14)5-7-29(8-6-22)21(31)27-12-13-1-3-15(4-2-13)32-20(25)26;14-8-5-9-11(18)7-13(1-3-16-4-2-13)17-12(9)10(15)6-8;9-8(10)12-7-3-1-6(5-11)2-4-7/h1-4,9-10,20,28H,5-8,11-12H2,(H,27,31);5-6,16-17H,1-4,7H2;1-4,8H,5,11H2. The summed E-state index contributed by atoms with van der Waals surface area (Å²) < 4.78 is 111. The zero-order chi connectivity index (χ0) is 44.6. The molecule has 2 fully saturated rings. The van der Waals surface area contributed by atoms with Gasteiger partial charge in [-0.15, -0.1) is 0 Å². The van der Waals surface area contributed by atoms with E-state index in [4.69, 9.17) is 5.73 Å². The minimum absolute atomic E-state index is 0.0123. The topological polar surface area (TPSA) is 147 Å². The van der Waals surface area contributed by atoms with Crippen molar-refractivity contribution in [2.75, 3.05) is 36.8 Å². The number of nitrogens with zero attached hydrogens (tertiary/aromatic N) is 1. The molecule has 6 N–H and O–H groups in total. The normalized spacial score (nSPS) is 17.1. The van der Waals surface area contributed by atoms with Crippen LogP contribution >= 0.6 is 0 Å². The van der Waals surface area contributed by atoms with Crippen molar-refractivity contribution in [3.05, 3.63) is 118 Å². The summed E-state index contributed by atoms with van der Waals surface area (Å²) in [6, 6.07) is 15.6. The molecule has 0 radical (unpaired) electrons. The third kappa shape index (κ3) is 11.5. The van der Waals surface area contributed by atoms with Crippen molar-refractivity contribution in [3.63, 3.8) is 0 Å². The number of Topliss-reactive ketones (excluding diaryl/α,β-unsaturated/α-hetero) is 2. The highest BCUT2D eigenvalue weighted by molar-refractivity contribution is 6.05. The molecule has 0 saturated carbocycles. The Morgan fingerprint density at radius 2 is 1.11 bits per heavy atom. The second-order valence-electron chi connectivity index (χ2n) is 15.3. The Hall–Kier alpha value is -5.95. The molecule has 2 saturated heterocycles. The summed E-state index contributed by atoms with van der Waals surface area (Å²) in [5.41, 5.74) is 6.19. The van der Waals surface area contributed by atoms with Crippen LogP contribution in [0.3, 0.4) is 0 Å². The number of benzene rings is 4. The molecule has 0 atom stereocenters. The molecule has 4 aliphatic rings. The van der Waals surface area contributed by atoms with E-state index < -0.39 is 42.0 Å². The lowest BCUT2D eigenvalue weighted by molar-refractivity contribution is -0.0505. The van der Waals surface area contributed by atoms with Crippen molar-refractivity contribution in [3.8, 4) is 11.5 Å². The lowest BCUT2D eigenvalue weighted by atomic mass is 9.78. The third-order valence-electron chi connectivity index (χ3n) is 11.0. The molecule has 4 aromatic carbocycles. The van der Waals surface area contributed by atoms with Crippen LogP contribution in [-0.4, -0.2) is 73.0 Å². The fourth-order valence-electron chi connectivity index (χ4n) is 7.80. The Kier molecular flexibility index (Phi) is 14.6. The van der Waals surface area contributed by atoms with Crippen LogP contribution in [0.1, 0.15) is 70.4 Å². The number of amides is 2. The lowest BCUT2D eigenvalue weighted by Crippen LogP contribution is -2.55. The molecule has 0 aromatic heterocycles. The first-order valence-corrected chi connectivity index (χ1v) is 19.7. The Bertz CT molecular complexity index is 2220. The van der Waals surface area contributed by atoms with E-state index >= 15 is 0 Å². The van der Waals surface area contributed by atoms with Gasteiger partial charge in [0, 0.05) is 73.4 Å². The number of carbonyl (C=O) groups is 3. The number of urea groups is 1. The summed E-state index contributed by atoms with van der Waals surface area (Å²) in [6.45, 7) is -2.75. The van der Waals surface area contributed by atoms with Gasteiger partial charge in [-0.05, 0) is 86.3 Å². The molecule has 0 bridgehead atoms. The van der Waals surface area contributed by atoms with Crippen molar-refractivity contribution in [2.45, 2.75) is 75.9 Å². The Labute approximate surface area is 351 Å². The van der Waals surface area contributed by atoms with Gasteiger partial charge in [0.1, 0.15) is 34.8 Å². The highest BCUT2D eigenvalue weighted by Gasteiger charge is 2.43. The summed E-state index contributed by atoms with van der Waals surface area (Å²) in [7, 11) is 0. The Balaban J connectivity index is 0.000000178. The maximum Gasteiger partial charge on any atom is 0.387 e. The number of rotatable bonds is 7. The van der Waals surface area contributed by atoms with E-state index in [2.05, 4.69) is 30.7 Å². The lowest BCUT2D eigenvalue weighted by Gasteiger charge is -2.45. The van der Waals surface area contributed by atoms with Crippen LogP contribution in [0.15, 0.2) is 72.8 Å². The average Bonchev–Trinajstić information content (AvgIpc) is 3.22. The van der Waals surface area contributed by atoms with Gasteiger partial charge in [-0.25, -0.2) is 22.4 Å². The predicted octanol–water partition coefficient (Wildman–Crippen LogP) is 8.14. The van der Waals surface area contributed by atoms with Crippen LogP contribution < -0.4 is 36.5 Å². The molecule has 11 nitrogen and oxygen atoms in total. The molecule has 0 aliphatic carbocycles. The number of ketones is 2. The molecule has 4 aromatic rings. The van der Waals surface area contributed by atoms with E-state index in [0.717, 1.165) is 55.8 Å². The fraction of sp³-hybridized carbons (Fsp3) is 0.372. The number of alkyl halides is 4. The van der Waals surface area contributed by atoms with Gasteiger partial charge in [-0.2, -0.15) is 17.6 Å². The maximum atomic E-state index is 14.2. The third-order valence-corrected chi connectivity index (χ3v) is 11.0. The number of fused-ring (bicyclic) bond motifs is 2. The number of likely N-dealkylation sites (tertiary alicyclic amines) is 1. The van der Waals surface area contributed by atoms with Crippen LogP contribution in [0, 0.1) is 23.3 Å². The summed E-state index contributed by atoms with van der Waals surface area (Å²) in [5.74, 6) is -3.31. The van der Waals surface area contributed by atoms with E-state index in [1.165, 1.54) is 24.3 Å². The highest BCUT2D eigenvalue weighted by Crippen LogP contribution is 2.40. The number of nitrogens with one attached hydrogen (secondary N) is 4. The molecule has 19 heteroatoms. The molecule has 332 valence electrons. The smallest absolute Gasteiger partial charge is 0.387 e. The van der Waals surface area contributed by atoms with Gasteiger partial charge in [0.15, 0.2) is 11.6 Å². The average molecular weight is 877 g/mol. The molecule has 62 heavy (non-hydrogen) atoms. The van der Waals surface area contributed by atoms with E-state index in [0.29, 0.717) is 44.5 Å². The zero-order valence-corrected chi connectivity index (χ0v) is 33.2. The first-order chi connectivity index (χ1) is 29.6. The minimum atomic E-state index is -2.90. The van der Waals surface area contributed by atoms with E-state index in [1.54, 1.807) is 29.2 Å². The van der Waals surface area contributed by atoms with Crippen molar-refractivity contribution in [1.82, 2.24) is 15.5 Å². The molecule has 2 spiro atoms. The number of anilines is 2. The maximum absolute atomic E-state index is 14.2. The van der Waals surface area contributed by atoms with Crippen LogP contribution in [0.4, 0.5) is 51.3 Å². The SMILES string of the molecule is NCc1ccc(OC(F)F)cc1.O=C1CC2(CCN(C(=O)NCc3ccc(OC(F)F)cc3)CC2)Nc2c(F)cc(F)cc21.O=C1CC2(CCNCC2)Nc2c(F)cc(F)cc21. The number of nitrogens with two attached hydrogens (primary N) is 1. The van der Waals surface area contributed by atoms with Gasteiger partial charge < -0.3 is 41.4 Å². The van der Waals surface area contributed by atoms with Crippen LogP contribution in [0.25, 0.3) is 0 Å². The van der Waals surface area contributed by atoms with Gasteiger partial charge in [0.2, 0.25) is 0 Å². The molecular weight excluding hydrogens is 832 g/mol. The van der Waals surface area contributed by atoms with Gasteiger partial charge in [0.25, 0.3) is 0 Å². The summed E-state index contributed by atoms with van der Waals surface area (Å²) in [6.07, 6.45) is 2.82. The van der Waals surface area contributed by atoms with Gasteiger partial charge >= 0.3 is 19.3 Å². The summed E-state index contributed by atoms with van der Waals surface area (Å²) >= 11 is 0. The van der Waals surface area contributed by atoms with E-state index in [1.807, 2.05) is 0 Å². The fourth-order valence-corrected chi connectivity index (χ4v) is 7.80. The van der Waals surface area contributed by atoms with Gasteiger partial charge in [0.05, 0.1) is 11.4 Å². The number of ether oxygens (including phenoxy) is 2. The number of piperidine rings is 2. The Morgan fingerprint density at radius 3 is 1.55 bits per heavy atom. The van der Waals surface area contributed by atoms with Crippen LogP contribution in [0.2, 0.25) is 0 Å². The van der Waals surface area contributed by atoms with Gasteiger partial charge in [-0.3, -0.25) is 9.59 Å². The van der Waals surface area contributed by atoms with E-state index in [-0.39, 0.29) is 70.1 Å². The zero-order valence-electron chi connectivity index (χ0n) is 33.2. The highest BCUT2D eigenvalue weighted by atomic mass is 19.3. The second-order valence-corrected chi connectivity index (χ2v) is 15.3. The molecule has 4 heterocycles. The van der Waals surface area contributed by atoms with Crippen LogP contribution in [-0.2, 0) is 13.1 Å².